The van der Waals surface area contributed by atoms with E-state index >= 15 is 0 Å². The lowest BCUT2D eigenvalue weighted by molar-refractivity contribution is -0.132. The highest BCUT2D eigenvalue weighted by Gasteiger charge is 2.26. The van der Waals surface area contributed by atoms with Crippen molar-refractivity contribution in [2.45, 2.75) is 20.3 Å². The van der Waals surface area contributed by atoms with Crippen molar-refractivity contribution in [1.82, 2.24) is 14.8 Å². The van der Waals surface area contributed by atoms with E-state index < -0.39 is 0 Å². The van der Waals surface area contributed by atoms with E-state index in [1.807, 2.05) is 24.3 Å². The first-order valence-corrected chi connectivity index (χ1v) is 9.32. The van der Waals surface area contributed by atoms with Gasteiger partial charge in [0.1, 0.15) is 11.5 Å². The zero-order chi connectivity index (χ0) is 20.1. The van der Waals surface area contributed by atoms with E-state index in [2.05, 4.69) is 4.98 Å². The second kappa shape index (κ2) is 8.77. The van der Waals surface area contributed by atoms with Crippen molar-refractivity contribution in [3.05, 3.63) is 35.7 Å². The number of para-hydroxylation sites is 1. The summed E-state index contributed by atoms with van der Waals surface area (Å²) in [7, 11) is 1.59. The van der Waals surface area contributed by atoms with Crippen LogP contribution in [0.3, 0.4) is 0 Å². The summed E-state index contributed by atoms with van der Waals surface area (Å²) in [4.78, 5) is 32.3. The highest BCUT2D eigenvalue weighted by molar-refractivity contribution is 5.79. The number of hydrogen-bond acceptors (Lipinski definition) is 6. The van der Waals surface area contributed by atoms with Crippen LogP contribution in [0.2, 0.25) is 0 Å². The average Bonchev–Trinajstić information content (AvgIpc) is 3.08. The van der Waals surface area contributed by atoms with E-state index in [1.165, 1.54) is 0 Å². The number of ether oxygens (including phenoxy) is 2. The van der Waals surface area contributed by atoms with Crippen LogP contribution in [0.4, 0.5) is 4.79 Å². The van der Waals surface area contributed by atoms with Gasteiger partial charge in [-0.2, -0.15) is 0 Å². The maximum atomic E-state index is 12.7. The zero-order valence-electron chi connectivity index (χ0n) is 16.4. The predicted molar refractivity (Wildman–Crippen MR) is 102 cm³/mol. The molecule has 28 heavy (non-hydrogen) atoms. The van der Waals surface area contributed by atoms with Gasteiger partial charge in [0.2, 0.25) is 11.8 Å². The number of carbonyl (C=O) groups excluding carboxylic acids is 2. The number of amides is 2. The molecule has 0 radical (unpaired) electrons. The molecule has 1 fully saturated rings. The minimum absolute atomic E-state index is 0.0357. The molecule has 1 saturated heterocycles. The third-order valence-electron chi connectivity index (χ3n) is 4.71. The molecule has 150 valence electrons. The van der Waals surface area contributed by atoms with Crippen molar-refractivity contribution < 1.29 is 23.5 Å². The van der Waals surface area contributed by atoms with Crippen LogP contribution in [0.1, 0.15) is 18.4 Å². The molecule has 0 spiro atoms. The van der Waals surface area contributed by atoms with Gasteiger partial charge in [0.05, 0.1) is 31.4 Å². The Labute approximate surface area is 164 Å². The molecule has 0 bridgehead atoms. The number of aromatic nitrogens is 1. The lowest BCUT2D eigenvalue weighted by Crippen LogP contribution is -2.51. The number of carbonyl (C=O) groups is 2. The molecule has 2 heterocycles. The molecular weight excluding hydrogens is 362 g/mol. The smallest absolute Gasteiger partial charge is 0.409 e. The molecule has 0 N–H and O–H groups in total. The van der Waals surface area contributed by atoms with E-state index in [0.29, 0.717) is 55.9 Å². The van der Waals surface area contributed by atoms with Crippen LogP contribution < -0.4 is 4.74 Å². The summed E-state index contributed by atoms with van der Waals surface area (Å²) in [5.74, 6) is 1.67. The first-order chi connectivity index (χ1) is 13.5. The summed E-state index contributed by atoms with van der Waals surface area (Å²) in [6.45, 7) is 5.81. The van der Waals surface area contributed by atoms with Crippen molar-refractivity contribution in [2.75, 3.05) is 39.9 Å². The third-order valence-corrected chi connectivity index (χ3v) is 4.71. The van der Waals surface area contributed by atoms with Crippen molar-refractivity contribution in [3.8, 4) is 17.2 Å². The Balaban J connectivity index is 1.64. The van der Waals surface area contributed by atoms with Crippen LogP contribution in [0.5, 0.6) is 5.75 Å². The van der Waals surface area contributed by atoms with Gasteiger partial charge in [-0.3, -0.25) is 4.79 Å². The predicted octanol–water partition coefficient (Wildman–Crippen LogP) is 2.50. The first-order valence-electron chi connectivity index (χ1n) is 9.32. The van der Waals surface area contributed by atoms with Crippen molar-refractivity contribution in [2.24, 2.45) is 0 Å². The van der Waals surface area contributed by atoms with Crippen LogP contribution in [0.15, 0.2) is 28.7 Å². The van der Waals surface area contributed by atoms with Crippen molar-refractivity contribution >= 4 is 12.0 Å². The maximum absolute atomic E-state index is 12.7. The van der Waals surface area contributed by atoms with Crippen LogP contribution in [-0.4, -0.2) is 66.7 Å². The van der Waals surface area contributed by atoms with Crippen LogP contribution in [0.25, 0.3) is 11.5 Å². The molecule has 0 unspecified atom stereocenters. The van der Waals surface area contributed by atoms with Gasteiger partial charge in [0.15, 0.2) is 0 Å². The maximum Gasteiger partial charge on any atom is 0.409 e. The Kier molecular flexibility index (Phi) is 6.18. The Morgan fingerprint density at radius 3 is 2.50 bits per heavy atom. The normalized spacial score (nSPS) is 14.1. The summed E-state index contributed by atoms with van der Waals surface area (Å²) in [6.07, 6.45) is -0.174. The number of oxazole rings is 1. The second-order valence-corrected chi connectivity index (χ2v) is 6.47. The van der Waals surface area contributed by atoms with Crippen LogP contribution in [-0.2, 0) is 16.0 Å². The molecule has 1 aromatic heterocycles. The second-order valence-electron chi connectivity index (χ2n) is 6.47. The standard InChI is InChI=1S/C20H25N3O5/c1-4-27-20(25)23-11-9-22(10-12-23)18(24)13-16-14(2)28-19(21-16)15-7-5-6-8-17(15)26-3/h5-8H,4,9-13H2,1-3H3. The van der Waals surface area contributed by atoms with Crippen molar-refractivity contribution in [3.63, 3.8) is 0 Å². The molecule has 1 aliphatic heterocycles. The van der Waals surface area contributed by atoms with Gasteiger partial charge in [-0.25, -0.2) is 9.78 Å². The fourth-order valence-electron chi connectivity index (χ4n) is 3.14. The van der Waals surface area contributed by atoms with Gasteiger partial charge in [-0.15, -0.1) is 0 Å². The summed E-state index contributed by atoms with van der Waals surface area (Å²) in [6, 6.07) is 7.46. The number of benzene rings is 1. The van der Waals surface area contributed by atoms with Gasteiger partial charge >= 0.3 is 6.09 Å². The Hall–Kier alpha value is -3.03. The molecule has 2 aromatic rings. The van der Waals surface area contributed by atoms with E-state index in [9.17, 15) is 9.59 Å². The summed E-state index contributed by atoms with van der Waals surface area (Å²) in [5.41, 5.74) is 1.36. The third kappa shape index (κ3) is 4.27. The minimum Gasteiger partial charge on any atom is -0.496 e. The monoisotopic (exact) mass is 387 g/mol. The zero-order valence-corrected chi connectivity index (χ0v) is 16.4. The van der Waals surface area contributed by atoms with Crippen molar-refractivity contribution in [1.29, 1.82) is 0 Å². The fourth-order valence-corrected chi connectivity index (χ4v) is 3.14. The Morgan fingerprint density at radius 1 is 1.14 bits per heavy atom. The van der Waals surface area contributed by atoms with Gasteiger partial charge in [0, 0.05) is 26.2 Å². The SMILES string of the molecule is CCOC(=O)N1CCN(C(=O)Cc2nc(-c3ccccc3OC)oc2C)CC1. The first kappa shape index (κ1) is 19.7. The highest BCUT2D eigenvalue weighted by atomic mass is 16.6. The molecule has 0 aliphatic carbocycles. The molecule has 0 atom stereocenters. The molecule has 0 saturated carbocycles. The number of piperazine rings is 1. The molecular formula is C20H25N3O5. The molecule has 8 heteroatoms. The van der Waals surface area contributed by atoms with Gasteiger partial charge in [-0.1, -0.05) is 12.1 Å². The van der Waals surface area contributed by atoms with Gasteiger partial charge < -0.3 is 23.7 Å². The number of rotatable bonds is 5. The summed E-state index contributed by atoms with van der Waals surface area (Å²) < 4.78 is 16.1. The van der Waals surface area contributed by atoms with E-state index in [1.54, 1.807) is 30.8 Å². The molecule has 8 nitrogen and oxygen atoms in total. The molecule has 1 aliphatic rings. The number of nitrogens with zero attached hydrogens (tertiary/aromatic N) is 3. The largest absolute Gasteiger partial charge is 0.496 e. The number of aryl methyl sites for hydroxylation is 1. The Morgan fingerprint density at radius 2 is 1.82 bits per heavy atom. The lowest BCUT2D eigenvalue weighted by atomic mass is 10.2. The molecule has 2 amide bonds. The van der Waals surface area contributed by atoms with E-state index in [0.717, 1.165) is 5.56 Å². The highest BCUT2D eigenvalue weighted by Crippen LogP contribution is 2.30. The van der Waals surface area contributed by atoms with Gasteiger partial charge in [-0.05, 0) is 26.0 Å². The molecule has 3 rings (SSSR count). The van der Waals surface area contributed by atoms with Crippen LogP contribution in [0, 0.1) is 6.92 Å². The lowest BCUT2D eigenvalue weighted by Gasteiger charge is -2.34. The van der Waals surface area contributed by atoms with E-state index in [-0.39, 0.29) is 18.4 Å². The van der Waals surface area contributed by atoms with E-state index in [4.69, 9.17) is 13.9 Å². The average molecular weight is 387 g/mol. The molecule has 1 aromatic carbocycles. The fraction of sp³-hybridized carbons (Fsp3) is 0.450. The Bertz CT molecular complexity index is 840. The quantitative estimate of drug-likeness (QED) is 0.784. The summed E-state index contributed by atoms with van der Waals surface area (Å²) in [5, 5.41) is 0. The minimum atomic E-state index is -0.330. The topological polar surface area (TPSA) is 85.1 Å². The van der Waals surface area contributed by atoms with Gasteiger partial charge in [0.25, 0.3) is 0 Å². The van der Waals surface area contributed by atoms with Crippen LogP contribution >= 0.6 is 0 Å². The number of methoxy groups -OCH3 is 1. The number of hydrogen-bond donors (Lipinski definition) is 0. The summed E-state index contributed by atoms with van der Waals surface area (Å²) >= 11 is 0.